The first-order valence-corrected chi connectivity index (χ1v) is 5.64. The molecule has 1 N–H and O–H groups in total. The highest BCUT2D eigenvalue weighted by Gasteiger charge is 2.33. The van der Waals surface area contributed by atoms with E-state index in [-0.39, 0.29) is 12.1 Å². The van der Waals surface area contributed by atoms with E-state index in [9.17, 15) is 9.59 Å². The zero-order valence-electron chi connectivity index (χ0n) is 10.8. The average molecular weight is 244 g/mol. The molecule has 1 aliphatic rings. The van der Waals surface area contributed by atoms with Crippen LogP contribution in [0.25, 0.3) is 0 Å². The van der Waals surface area contributed by atoms with Crippen molar-refractivity contribution in [2.24, 2.45) is 0 Å². The Kier molecular flexibility index (Phi) is 3.85. The summed E-state index contributed by atoms with van der Waals surface area (Å²) in [6.07, 6.45) is -0.693. The van der Waals surface area contributed by atoms with Crippen molar-refractivity contribution in [2.75, 3.05) is 20.1 Å². The van der Waals surface area contributed by atoms with Gasteiger partial charge in [0.1, 0.15) is 5.60 Å². The van der Waals surface area contributed by atoms with Gasteiger partial charge in [-0.25, -0.2) is 9.59 Å². The number of amides is 2. The predicted molar refractivity (Wildman–Crippen MR) is 62.0 cm³/mol. The zero-order chi connectivity index (χ0) is 13.2. The highest BCUT2D eigenvalue weighted by atomic mass is 16.6. The lowest BCUT2D eigenvalue weighted by molar-refractivity contribution is 0.0282. The van der Waals surface area contributed by atoms with Crippen molar-refractivity contribution in [3.8, 4) is 0 Å². The quantitative estimate of drug-likeness (QED) is 0.760. The third-order valence-electron chi connectivity index (χ3n) is 2.66. The van der Waals surface area contributed by atoms with E-state index in [0.717, 1.165) is 0 Å². The second-order valence-electron chi connectivity index (χ2n) is 5.26. The van der Waals surface area contributed by atoms with Crippen LogP contribution in [0.1, 0.15) is 27.2 Å². The van der Waals surface area contributed by atoms with Gasteiger partial charge in [-0.05, 0) is 27.2 Å². The Morgan fingerprint density at radius 1 is 1.41 bits per heavy atom. The number of likely N-dealkylation sites (tertiary alicyclic amines) is 1. The van der Waals surface area contributed by atoms with Gasteiger partial charge < -0.3 is 19.6 Å². The van der Waals surface area contributed by atoms with Crippen LogP contribution < -0.4 is 0 Å². The van der Waals surface area contributed by atoms with Crippen LogP contribution in [0.5, 0.6) is 0 Å². The van der Waals surface area contributed by atoms with Gasteiger partial charge >= 0.3 is 12.2 Å². The first-order chi connectivity index (χ1) is 7.70. The summed E-state index contributed by atoms with van der Waals surface area (Å²) in [4.78, 5) is 25.3. The van der Waals surface area contributed by atoms with E-state index in [1.54, 1.807) is 4.90 Å². The molecule has 6 nitrogen and oxygen atoms in total. The second kappa shape index (κ2) is 4.81. The molecule has 1 rings (SSSR count). The van der Waals surface area contributed by atoms with Gasteiger partial charge in [0.05, 0.1) is 6.04 Å². The van der Waals surface area contributed by atoms with E-state index >= 15 is 0 Å². The number of likely N-dealkylation sites (N-methyl/N-ethyl adjacent to an activating group) is 1. The van der Waals surface area contributed by atoms with E-state index in [2.05, 4.69) is 0 Å². The molecule has 2 amide bonds. The van der Waals surface area contributed by atoms with Crippen molar-refractivity contribution in [1.82, 2.24) is 9.80 Å². The number of carbonyl (C=O) groups is 2. The van der Waals surface area contributed by atoms with Crippen LogP contribution >= 0.6 is 0 Å². The Balaban J connectivity index is 2.50. The molecule has 1 aliphatic heterocycles. The van der Waals surface area contributed by atoms with Crippen molar-refractivity contribution in [2.45, 2.75) is 38.8 Å². The molecule has 1 heterocycles. The first kappa shape index (κ1) is 13.6. The SMILES string of the molecule is CN(C(=O)O)C1CCN(C(=O)OC(C)(C)C)C1. The molecule has 0 aliphatic carbocycles. The Bertz CT molecular complexity index is 311. The van der Waals surface area contributed by atoms with Gasteiger partial charge in [-0.2, -0.15) is 0 Å². The van der Waals surface area contributed by atoms with Crippen LogP contribution in [0.15, 0.2) is 0 Å². The Labute approximate surface area is 101 Å². The van der Waals surface area contributed by atoms with E-state index < -0.39 is 11.7 Å². The van der Waals surface area contributed by atoms with Gasteiger partial charge in [-0.1, -0.05) is 0 Å². The van der Waals surface area contributed by atoms with Crippen molar-refractivity contribution in [1.29, 1.82) is 0 Å². The number of rotatable bonds is 1. The normalized spacial score (nSPS) is 20.2. The number of hydrogen-bond donors (Lipinski definition) is 1. The van der Waals surface area contributed by atoms with Crippen LogP contribution in [0, 0.1) is 0 Å². The molecular weight excluding hydrogens is 224 g/mol. The number of hydrogen-bond acceptors (Lipinski definition) is 3. The van der Waals surface area contributed by atoms with Crippen LogP contribution in [0.4, 0.5) is 9.59 Å². The molecule has 0 aromatic carbocycles. The fraction of sp³-hybridized carbons (Fsp3) is 0.818. The monoisotopic (exact) mass is 244 g/mol. The molecule has 0 saturated carbocycles. The third kappa shape index (κ3) is 3.80. The molecule has 0 radical (unpaired) electrons. The molecule has 0 aromatic heterocycles. The van der Waals surface area contributed by atoms with E-state index in [0.29, 0.717) is 19.5 Å². The topological polar surface area (TPSA) is 70.1 Å². The van der Waals surface area contributed by atoms with E-state index in [4.69, 9.17) is 9.84 Å². The summed E-state index contributed by atoms with van der Waals surface area (Å²) >= 11 is 0. The molecule has 1 atom stereocenters. The minimum absolute atomic E-state index is 0.139. The lowest BCUT2D eigenvalue weighted by Gasteiger charge is -2.25. The molecule has 0 aromatic rings. The minimum atomic E-state index is -0.971. The Morgan fingerprint density at radius 2 is 2.00 bits per heavy atom. The lowest BCUT2D eigenvalue weighted by atomic mass is 10.2. The molecule has 1 fully saturated rings. The summed E-state index contributed by atoms with van der Waals surface area (Å²) in [5, 5.41) is 8.84. The van der Waals surface area contributed by atoms with Crippen molar-refractivity contribution < 1.29 is 19.4 Å². The predicted octanol–water partition coefficient (Wildman–Crippen LogP) is 1.61. The molecule has 17 heavy (non-hydrogen) atoms. The molecular formula is C11H20N2O4. The van der Waals surface area contributed by atoms with Gasteiger partial charge in [0.15, 0.2) is 0 Å². The molecule has 98 valence electrons. The van der Waals surface area contributed by atoms with Crippen LogP contribution in [0.3, 0.4) is 0 Å². The van der Waals surface area contributed by atoms with E-state index in [1.807, 2.05) is 20.8 Å². The molecule has 1 unspecified atom stereocenters. The average Bonchev–Trinajstić information content (AvgIpc) is 2.62. The molecule has 6 heteroatoms. The fourth-order valence-corrected chi connectivity index (χ4v) is 1.71. The maximum absolute atomic E-state index is 11.7. The summed E-state index contributed by atoms with van der Waals surface area (Å²) in [6.45, 7) is 6.36. The Hall–Kier alpha value is -1.46. The molecule has 1 saturated heterocycles. The number of ether oxygens (including phenoxy) is 1. The number of nitrogens with zero attached hydrogens (tertiary/aromatic N) is 2. The van der Waals surface area contributed by atoms with E-state index in [1.165, 1.54) is 11.9 Å². The minimum Gasteiger partial charge on any atom is -0.465 e. The first-order valence-electron chi connectivity index (χ1n) is 5.64. The second-order valence-corrected chi connectivity index (χ2v) is 5.26. The van der Waals surface area contributed by atoms with Crippen LogP contribution in [-0.4, -0.2) is 58.9 Å². The summed E-state index contributed by atoms with van der Waals surface area (Å²) in [7, 11) is 1.52. The highest BCUT2D eigenvalue weighted by molar-refractivity contribution is 5.69. The zero-order valence-corrected chi connectivity index (χ0v) is 10.8. The fourth-order valence-electron chi connectivity index (χ4n) is 1.71. The third-order valence-corrected chi connectivity index (χ3v) is 2.66. The smallest absolute Gasteiger partial charge is 0.410 e. The summed E-state index contributed by atoms with van der Waals surface area (Å²) < 4.78 is 5.23. The lowest BCUT2D eigenvalue weighted by Crippen LogP contribution is -2.40. The maximum atomic E-state index is 11.7. The van der Waals surface area contributed by atoms with Crippen LogP contribution in [0.2, 0.25) is 0 Å². The molecule has 0 bridgehead atoms. The summed E-state index contributed by atoms with van der Waals surface area (Å²) in [5.74, 6) is 0. The van der Waals surface area contributed by atoms with Gasteiger partial charge in [0, 0.05) is 20.1 Å². The Morgan fingerprint density at radius 3 is 2.47 bits per heavy atom. The summed E-state index contributed by atoms with van der Waals surface area (Å²) in [6, 6.07) is -0.139. The highest BCUT2D eigenvalue weighted by Crippen LogP contribution is 2.18. The standard InChI is InChI=1S/C11H20N2O4/c1-11(2,3)17-10(16)13-6-5-8(7-13)12(4)9(14)15/h8H,5-7H2,1-4H3,(H,14,15). The van der Waals surface area contributed by atoms with Crippen molar-refractivity contribution >= 4 is 12.2 Å². The van der Waals surface area contributed by atoms with Gasteiger partial charge in [0.2, 0.25) is 0 Å². The number of carbonyl (C=O) groups excluding carboxylic acids is 1. The van der Waals surface area contributed by atoms with Gasteiger partial charge in [0.25, 0.3) is 0 Å². The molecule has 0 spiro atoms. The number of carboxylic acid groups (broad SMARTS) is 1. The maximum Gasteiger partial charge on any atom is 0.410 e. The van der Waals surface area contributed by atoms with Crippen LogP contribution in [-0.2, 0) is 4.74 Å². The van der Waals surface area contributed by atoms with Gasteiger partial charge in [-0.3, -0.25) is 0 Å². The van der Waals surface area contributed by atoms with Crippen molar-refractivity contribution in [3.05, 3.63) is 0 Å². The van der Waals surface area contributed by atoms with Gasteiger partial charge in [-0.15, -0.1) is 0 Å². The largest absolute Gasteiger partial charge is 0.465 e. The van der Waals surface area contributed by atoms with Crippen molar-refractivity contribution in [3.63, 3.8) is 0 Å². The summed E-state index contributed by atoms with van der Waals surface area (Å²) in [5.41, 5.74) is -0.520.